The minimum Gasteiger partial charge on any atom is -0.493 e. The molecule has 1 aliphatic heterocycles. The minimum atomic E-state index is -0.430. The molecule has 146 valence electrons. The Balaban J connectivity index is 2.01. The summed E-state index contributed by atoms with van der Waals surface area (Å²) < 4.78 is 10.8. The zero-order valence-electron chi connectivity index (χ0n) is 15.7. The molecule has 3 rings (SSSR count). The molecular formula is C20H21N3O4S. The predicted molar refractivity (Wildman–Crippen MR) is 108 cm³/mol. The van der Waals surface area contributed by atoms with Crippen LogP contribution in [0.5, 0.6) is 11.5 Å². The molecule has 0 unspecified atom stereocenters. The van der Waals surface area contributed by atoms with Gasteiger partial charge in [-0.1, -0.05) is 30.7 Å². The van der Waals surface area contributed by atoms with Gasteiger partial charge in [-0.15, -0.1) is 6.42 Å². The average Bonchev–Trinajstić information content (AvgIpc) is 2.69. The molecule has 2 aromatic rings. The number of ether oxygens (including phenoxy) is 2. The van der Waals surface area contributed by atoms with E-state index in [4.69, 9.17) is 15.9 Å². The molecule has 0 saturated heterocycles. The minimum absolute atomic E-state index is 0.117. The molecule has 1 amide bonds. The second-order valence-electron chi connectivity index (χ2n) is 6.19. The van der Waals surface area contributed by atoms with Crippen LogP contribution in [0.1, 0.15) is 36.8 Å². The molecule has 0 saturated carbocycles. The number of methoxy groups -OCH3 is 1. The van der Waals surface area contributed by atoms with Crippen molar-refractivity contribution in [2.75, 3.05) is 24.8 Å². The summed E-state index contributed by atoms with van der Waals surface area (Å²) in [5.74, 6) is 3.92. The van der Waals surface area contributed by atoms with Crippen LogP contribution in [0, 0.1) is 12.3 Å². The molecule has 1 aliphatic rings. The van der Waals surface area contributed by atoms with Crippen LogP contribution in [0.3, 0.4) is 0 Å². The van der Waals surface area contributed by atoms with E-state index in [0.29, 0.717) is 28.0 Å². The van der Waals surface area contributed by atoms with Crippen LogP contribution in [0.4, 0.5) is 5.82 Å². The zero-order valence-corrected chi connectivity index (χ0v) is 16.5. The highest BCUT2D eigenvalue weighted by Crippen LogP contribution is 2.38. The van der Waals surface area contributed by atoms with E-state index >= 15 is 0 Å². The number of nitrogens with zero attached hydrogens (tertiary/aromatic N) is 1. The fourth-order valence-corrected chi connectivity index (χ4v) is 3.76. The van der Waals surface area contributed by atoms with Crippen molar-refractivity contribution in [3.05, 3.63) is 39.7 Å². The SMILES string of the molecule is C#CCOc1ccc([C@@H]2CC(=O)Nc3nc(SCCC)[nH]c(=O)c32)cc1OC. The third kappa shape index (κ3) is 4.15. The van der Waals surface area contributed by atoms with Crippen molar-refractivity contribution in [1.82, 2.24) is 9.97 Å². The van der Waals surface area contributed by atoms with Crippen LogP contribution in [0.2, 0.25) is 0 Å². The maximum absolute atomic E-state index is 12.8. The van der Waals surface area contributed by atoms with Gasteiger partial charge in [-0.2, -0.15) is 0 Å². The Bertz CT molecular complexity index is 980. The average molecular weight is 399 g/mol. The van der Waals surface area contributed by atoms with Gasteiger partial charge in [0.25, 0.3) is 5.56 Å². The molecule has 0 fully saturated rings. The Morgan fingerprint density at radius 1 is 1.36 bits per heavy atom. The number of carbonyl (C=O) groups is 1. The Labute approximate surface area is 167 Å². The molecule has 0 bridgehead atoms. The maximum Gasteiger partial charge on any atom is 0.257 e. The van der Waals surface area contributed by atoms with Crippen molar-refractivity contribution in [1.29, 1.82) is 0 Å². The van der Waals surface area contributed by atoms with Gasteiger partial charge in [-0.25, -0.2) is 4.98 Å². The van der Waals surface area contributed by atoms with Gasteiger partial charge in [0.15, 0.2) is 16.7 Å². The van der Waals surface area contributed by atoms with Gasteiger partial charge in [-0.05, 0) is 24.1 Å². The molecule has 2 N–H and O–H groups in total. The number of hydrogen-bond acceptors (Lipinski definition) is 6. The normalized spacial score (nSPS) is 15.3. The predicted octanol–water partition coefficient (Wildman–Crippen LogP) is 2.77. The topological polar surface area (TPSA) is 93.3 Å². The zero-order chi connectivity index (χ0) is 20.1. The summed E-state index contributed by atoms with van der Waals surface area (Å²) in [6.45, 7) is 2.16. The molecule has 0 radical (unpaired) electrons. The van der Waals surface area contributed by atoms with E-state index in [0.717, 1.165) is 17.7 Å². The van der Waals surface area contributed by atoms with Gasteiger partial charge >= 0.3 is 0 Å². The highest BCUT2D eigenvalue weighted by molar-refractivity contribution is 7.99. The number of hydrogen-bond donors (Lipinski definition) is 2. The van der Waals surface area contributed by atoms with Crippen molar-refractivity contribution >= 4 is 23.5 Å². The molecule has 0 aliphatic carbocycles. The third-order valence-electron chi connectivity index (χ3n) is 4.27. The highest BCUT2D eigenvalue weighted by atomic mass is 32.2. The van der Waals surface area contributed by atoms with E-state index < -0.39 is 5.92 Å². The summed E-state index contributed by atoms with van der Waals surface area (Å²) in [5.41, 5.74) is 0.960. The van der Waals surface area contributed by atoms with E-state index in [1.165, 1.54) is 18.9 Å². The van der Waals surface area contributed by atoms with Crippen LogP contribution in [-0.2, 0) is 4.79 Å². The first-order chi connectivity index (χ1) is 13.6. The molecule has 8 heteroatoms. The molecule has 0 spiro atoms. The van der Waals surface area contributed by atoms with E-state index in [9.17, 15) is 9.59 Å². The number of terminal acetylenes is 1. The third-order valence-corrected chi connectivity index (χ3v) is 5.35. The van der Waals surface area contributed by atoms with Crippen molar-refractivity contribution < 1.29 is 14.3 Å². The number of rotatable bonds is 7. The first kappa shape index (κ1) is 19.8. The number of H-pyrrole nitrogens is 1. The fraction of sp³-hybridized carbons (Fsp3) is 0.350. The number of fused-ring (bicyclic) bond motifs is 1. The number of aromatic nitrogens is 2. The van der Waals surface area contributed by atoms with Gasteiger partial charge in [0.2, 0.25) is 5.91 Å². The molecule has 28 heavy (non-hydrogen) atoms. The Morgan fingerprint density at radius 2 is 2.18 bits per heavy atom. The van der Waals surface area contributed by atoms with Gasteiger partial charge in [0, 0.05) is 18.1 Å². The van der Waals surface area contributed by atoms with Crippen molar-refractivity contribution in [2.45, 2.75) is 30.8 Å². The van der Waals surface area contributed by atoms with Crippen LogP contribution in [0.15, 0.2) is 28.2 Å². The number of amides is 1. The number of thioether (sulfide) groups is 1. The maximum atomic E-state index is 12.8. The van der Waals surface area contributed by atoms with Gasteiger partial charge < -0.3 is 19.8 Å². The van der Waals surface area contributed by atoms with Crippen LogP contribution in [-0.4, -0.2) is 35.3 Å². The van der Waals surface area contributed by atoms with Crippen LogP contribution in [0.25, 0.3) is 0 Å². The molecule has 2 heterocycles. The van der Waals surface area contributed by atoms with Crippen molar-refractivity contribution in [3.63, 3.8) is 0 Å². The standard InChI is InChI=1S/C20H21N3O4S/c1-4-8-27-14-7-6-12(10-15(14)26-3)13-11-16(24)21-18-17(13)19(25)23-20(22-18)28-9-5-2/h1,6-7,10,13H,5,8-9,11H2,2-3H3,(H2,21,22,23,24,25)/t13-/m0/s1. The molecule has 7 nitrogen and oxygen atoms in total. The second kappa shape index (κ2) is 8.85. The van der Waals surface area contributed by atoms with Gasteiger partial charge in [-0.3, -0.25) is 9.59 Å². The molecule has 1 aromatic carbocycles. The summed E-state index contributed by atoms with van der Waals surface area (Å²) >= 11 is 1.45. The van der Waals surface area contributed by atoms with E-state index in [1.54, 1.807) is 18.2 Å². The van der Waals surface area contributed by atoms with Crippen molar-refractivity contribution in [2.24, 2.45) is 0 Å². The lowest BCUT2D eigenvalue weighted by molar-refractivity contribution is -0.116. The van der Waals surface area contributed by atoms with Crippen LogP contribution < -0.4 is 20.3 Å². The van der Waals surface area contributed by atoms with Gasteiger partial charge in [0.1, 0.15) is 12.4 Å². The lowest BCUT2D eigenvalue weighted by Crippen LogP contribution is -2.31. The second-order valence-corrected chi connectivity index (χ2v) is 7.27. The van der Waals surface area contributed by atoms with E-state index in [-0.39, 0.29) is 24.5 Å². The lowest BCUT2D eigenvalue weighted by Gasteiger charge is -2.25. The number of carbonyl (C=O) groups excluding carboxylic acids is 1. The van der Waals surface area contributed by atoms with E-state index in [2.05, 4.69) is 21.2 Å². The Kier molecular flexibility index (Phi) is 6.26. The summed E-state index contributed by atoms with van der Waals surface area (Å²) in [6.07, 6.45) is 6.33. The van der Waals surface area contributed by atoms with Crippen molar-refractivity contribution in [3.8, 4) is 23.8 Å². The van der Waals surface area contributed by atoms with Gasteiger partial charge in [0.05, 0.1) is 12.7 Å². The number of aromatic amines is 1. The summed E-state index contributed by atoms with van der Waals surface area (Å²) in [4.78, 5) is 32.3. The lowest BCUT2D eigenvalue weighted by atomic mass is 9.86. The number of anilines is 1. The molecular weight excluding hydrogens is 378 g/mol. The largest absolute Gasteiger partial charge is 0.493 e. The van der Waals surface area contributed by atoms with E-state index in [1.807, 2.05) is 6.92 Å². The smallest absolute Gasteiger partial charge is 0.257 e. The fourth-order valence-electron chi connectivity index (χ4n) is 3.04. The highest BCUT2D eigenvalue weighted by Gasteiger charge is 2.31. The summed E-state index contributed by atoms with van der Waals surface area (Å²) in [6, 6.07) is 5.30. The first-order valence-electron chi connectivity index (χ1n) is 8.88. The van der Waals surface area contributed by atoms with Crippen LogP contribution >= 0.6 is 11.8 Å². The Hall–Kier alpha value is -2.92. The number of benzene rings is 1. The summed E-state index contributed by atoms with van der Waals surface area (Å²) in [5, 5.41) is 3.23. The molecule has 1 atom stereocenters. The number of nitrogens with one attached hydrogen (secondary N) is 2. The summed E-state index contributed by atoms with van der Waals surface area (Å²) in [7, 11) is 1.52. The monoisotopic (exact) mass is 399 g/mol. The Morgan fingerprint density at radius 3 is 2.89 bits per heavy atom. The molecule has 1 aromatic heterocycles. The first-order valence-corrected chi connectivity index (χ1v) is 9.87. The quantitative estimate of drug-likeness (QED) is 0.422.